The van der Waals surface area contributed by atoms with E-state index in [0.29, 0.717) is 30.8 Å². The zero-order valence-electron chi connectivity index (χ0n) is 18.7. The van der Waals surface area contributed by atoms with Crippen LogP contribution in [0.5, 0.6) is 5.75 Å². The van der Waals surface area contributed by atoms with Crippen LogP contribution in [0.2, 0.25) is 0 Å². The van der Waals surface area contributed by atoms with E-state index in [-0.39, 0.29) is 16.7 Å². The molecule has 1 atom stereocenters. The SMILES string of the molecule is COc1cccc(NC(=O)[C@@H](CC(C)C)NS(=O)(=O)c2ccc3c(c2)CCN3C(C)=O)c1. The van der Waals surface area contributed by atoms with Crippen LogP contribution in [0, 0.1) is 5.92 Å². The summed E-state index contributed by atoms with van der Waals surface area (Å²) in [4.78, 5) is 26.4. The molecule has 0 saturated carbocycles. The van der Waals surface area contributed by atoms with Gasteiger partial charge in [-0.15, -0.1) is 0 Å². The number of sulfonamides is 1. The summed E-state index contributed by atoms with van der Waals surface area (Å²) in [5.74, 6) is 0.146. The molecule has 0 bridgehead atoms. The third kappa shape index (κ3) is 5.46. The van der Waals surface area contributed by atoms with Crippen molar-refractivity contribution in [3.63, 3.8) is 0 Å². The fraction of sp³-hybridized carbons (Fsp3) is 0.391. The van der Waals surface area contributed by atoms with Gasteiger partial charge in [0.25, 0.3) is 0 Å². The minimum absolute atomic E-state index is 0.0737. The molecule has 0 unspecified atom stereocenters. The van der Waals surface area contributed by atoms with Gasteiger partial charge in [0.05, 0.1) is 12.0 Å². The number of amides is 2. The number of anilines is 2. The van der Waals surface area contributed by atoms with Crippen molar-refractivity contribution in [3.8, 4) is 5.75 Å². The number of hydrogen-bond donors (Lipinski definition) is 2. The Bertz CT molecular complexity index is 1110. The first kappa shape index (κ1) is 23.7. The molecule has 0 fully saturated rings. The molecule has 172 valence electrons. The monoisotopic (exact) mass is 459 g/mol. The van der Waals surface area contributed by atoms with Gasteiger partial charge in [0.1, 0.15) is 11.8 Å². The van der Waals surface area contributed by atoms with E-state index in [4.69, 9.17) is 4.74 Å². The Morgan fingerprint density at radius 2 is 1.91 bits per heavy atom. The second-order valence-electron chi connectivity index (χ2n) is 8.24. The highest BCUT2D eigenvalue weighted by Crippen LogP contribution is 2.30. The highest BCUT2D eigenvalue weighted by atomic mass is 32.2. The Kier molecular flexibility index (Phi) is 7.20. The zero-order valence-corrected chi connectivity index (χ0v) is 19.5. The molecule has 2 aromatic carbocycles. The first-order valence-corrected chi connectivity index (χ1v) is 12.0. The molecule has 1 aliphatic rings. The second-order valence-corrected chi connectivity index (χ2v) is 9.95. The highest BCUT2D eigenvalue weighted by molar-refractivity contribution is 7.89. The number of carbonyl (C=O) groups excluding carboxylic acids is 2. The van der Waals surface area contributed by atoms with Crippen LogP contribution < -0.4 is 19.7 Å². The van der Waals surface area contributed by atoms with Crippen molar-refractivity contribution in [1.82, 2.24) is 4.72 Å². The molecule has 32 heavy (non-hydrogen) atoms. The molecular weight excluding hydrogens is 430 g/mol. The second kappa shape index (κ2) is 9.70. The third-order valence-electron chi connectivity index (χ3n) is 5.30. The fourth-order valence-corrected chi connectivity index (χ4v) is 5.00. The number of hydrogen-bond acceptors (Lipinski definition) is 5. The summed E-state index contributed by atoms with van der Waals surface area (Å²) in [6.07, 6.45) is 0.919. The van der Waals surface area contributed by atoms with Gasteiger partial charge >= 0.3 is 0 Å². The van der Waals surface area contributed by atoms with Crippen molar-refractivity contribution in [2.24, 2.45) is 5.92 Å². The minimum atomic E-state index is -3.95. The van der Waals surface area contributed by atoms with Gasteiger partial charge in [-0.2, -0.15) is 4.72 Å². The average Bonchev–Trinajstić information content (AvgIpc) is 3.16. The lowest BCUT2D eigenvalue weighted by atomic mass is 10.0. The van der Waals surface area contributed by atoms with E-state index in [2.05, 4.69) is 10.0 Å². The van der Waals surface area contributed by atoms with Gasteiger partial charge in [-0.25, -0.2) is 8.42 Å². The minimum Gasteiger partial charge on any atom is -0.497 e. The number of benzene rings is 2. The quantitative estimate of drug-likeness (QED) is 0.632. The van der Waals surface area contributed by atoms with E-state index in [9.17, 15) is 18.0 Å². The lowest BCUT2D eigenvalue weighted by Gasteiger charge is -2.21. The molecule has 0 aliphatic carbocycles. The Hall–Kier alpha value is -2.91. The summed E-state index contributed by atoms with van der Waals surface area (Å²) in [7, 11) is -2.42. The van der Waals surface area contributed by atoms with Gasteiger partial charge < -0.3 is 15.0 Å². The van der Waals surface area contributed by atoms with Gasteiger partial charge in [-0.1, -0.05) is 19.9 Å². The third-order valence-corrected chi connectivity index (χ3v) is 6.76. The number of rotatable bonds is 8. The first-order valence-electron chi connectivity index (χ1n) is 10.5. The average molecular weight is 460 g/mol. The van der Waals surface area contributed by atoms with Crippen LogP contribution in [-0.4, -0.2) is 39.9 Å². The van der Waals surface area contributed by atoms with E-state index in [0.717, 1.165) is 11.3 Å². The van der Waals surface area contributed by atoms with Gasteiger partial charge in [-0.3, -0.25) is 9.59 Å². The Balaban J connectivity index is 1.81. The van der Waals surface area contributed by atoms with E-state index in [1.165, 1.54) is 20.1 Å². The molecule has 2 N–H and O–H groups in total. The van der Waals surface area contributed by atoms with Crippen LogP contribution in [0.3, 0.4) is 0 Å². The smallest absolute Gasteiger partial charge is 0.242 e. The number of fused-ring (bicyclic) bond motifs is 1. The number of nitrogens with one attached hydrogen (secondary N) is 2. The molecule has 0 saturated heterocycles. The summed E-state index contributed by atoms with van der Waals surface area (Å²) < 4.78 is 33.9. The van der Waals surface area contributed by atoms with Crippen molar-refractivity contribution in [1.29, 1.82) is 0 Å². The topological polar surface area (TPSA) is 105 Å². The fourth-order valence-electron chi connectivity index (χ4n) is 3.74. The summed E-state index contributed by atoms with van der Waals surface area (Å²) >= 11 is 0. The van der Waals surface area contributed by atoms with Crippen LogP contribution >= 0.6 is 0 Å². The van der Waals surface area contributed by atoms with E-state index in [1.807, 2.05) is 13.8 Å². The summed E-state index contributed by atoms with van der Waals surface area (Å²) in [5, 5.41) is 2.77. The Morgan fingerprint density at radius 1 is 1.16 bits per heavy atom. The molecule has 9 heteroatoms. The van der Waals surface area contributed by atoms with Crippen LogP contribution in [-0.2, 0) is 26.0 Å². The number of methoxy groups -OCH3 is 1. The predicted molar refractivity (Wildman–Crippen MR) is 123 cm³/mol. The molecule has 1 heterocycles. The normalized spacial score (nSPS) is 14.2. The van der Waals surface area contributed by atoms with Gasteiger partial charge in [-0.05, 0) is 54.7 Å². The summed E-state index contributed by atoms with van der Waals surface area (Å²) in [6.45, 7) is 5.86. The van der Waals surface area contributed by atoms with Crippen molar-refractivity contribution in [2.45, 2.75) is 44.6 Å². The maximum absolute atomic E-state index is 13.1. The Morgan fingerprint density at radius 3 is 2.56 bits per heavy atom. The van der Waals surface area contributed by atoms with E-state index < -0.39 is 22.0 Å². The maximum Gasteiger partial charge on any atom is 0.242 e. The van der Waals surface area contributed by atoms with Crippen LogP contribution in [0.15, 0.2) is 47.4 Å². The van der Waals surface area contributed by atoms with Gasteiger partial charge in [0.2, 0.25) is 21.8 Å². The standard InChI is InChI=1S/C23H29N3O5S/c1-15(2)12-21(23(28)24-18-6-5-7-19(14-18)31-4)25-32(29,30)20-8-9-22-17(13-20)10-11-26(22)16(3)27/h5-9,13-15,21,25H,10-12H2,1-4H3,(H,24,28)/t21-/m1/s1. The Labute approximate surface area is 189 Å². The van der Waals surface area contributed by atoms with Crippen molar-refractivity contribution in [3.05, 3.63) is 48.0 Å². The molecule has 8 nitrogen and oxygen atoms in total. The largest absolute Gasteiger partial charge is 0.497 e. The number of carbonyl (C=O) groups is 2. The van der Waals surface area contributed by atoms with Crippen molar-refractivity contribution in [2.75, 3.05) is 23.9 Å². The summed E-state index contributed by atoms with van der Waals surface area (Å²) in [6, 6.07) is 10.6. The molecule has 0 radical (unpaired) electrons. The molecule has 2 amide bonds. The maximum atomic E-state index is 13.1. The van der Waals surface area contributed by atoms with Crippen molar-refractivity contribution < 1.29 is 22.7 Å². The van der Waals surface area contributed by atoms with Crippen LogP contribution in [0.4, 0.5) is 11.4 Å². The molecule has 2 aromatic rings. The molecule has 3 rings (SSSR count). The molecule has 1 aliphatic heterocycles. The lowest BCUT2D eigenvalue weighted by Crippen LogP contribution is -2.44. The first-order chi connectivity index (χ1) is 15.1. The van der Waals surface area contributed by atoms with E-state index in [1.54, 1.807) is 41.3 Å². The molecule has 0 spiro atoms. The lowest BCUT2D eigenvalue weighted by molar-refractivity contribution is -0.118. The van der Waals surface area contributed by atoms with Crippen molar-refractivity contribution >= 4 is 33.2 Å². The van der Waals surface area contributed by atoms with Gasteiger partial charge in [0.15, 0.2) is 0 Å². The van der Waals surface area contributed by atoms with Crippen LogP contribution in [0.1, 0.15) is 32.8 Å². The van der Waals surface area contributed by atoms with E-state index >= 15 is 0 Å². The van der Waals surface area contributed by atoms with Crippen LogP contribution in [0.25, 0.3) is 0 Å². The number of ether oxygens (including phenoxy) is 1. The van der Waals surface area contributed by atoms with Gasteiger partial charge in [0, 0.05) is 30.9 Å². The predicted octanol–water partition coefficient (Wildman–Crippen LogP) is 2.94. The number of nitrogens with zero attached hydrogens (tertiary/aromatic N) is 1. The zero-order chi connectivity index (χ0) is 23.5. The molecular formula is C23H29N3O5S. The summed E-state index contributed by atoms with van der Waals surface area (Å²) in [5.41, 5.74) is 2.04. The highest BCUT2D eigenvalue weighted by Gasteiger charge is 2.29. The molecule has 0 aromatic heterocycles.